The van der Waals surface area contributed by atoms with Crippen molar-refractivity contribution in [3.05, 3.63) is 41.5 Å². The number of rotatable bonds is 7. The van der Waals surface area contributed by atoms with E-state index in [1.807, 2.05) is 0 Å². The minimum Gasteiger partial charge on any atom is -0.535 e. The van der Waals surface area contributed by atoms with Crippen LogP contribution in [0.15, 0.2) is 24.7 Å². The van der Waals surface area contributed by atoms with Gasteiger partial charge in [-0.2, -0.15) is 0 Å². The fourth-order valence-corrected chi connectivity index (χ4v) is 3.76. The Morgan fingerprint density at radius 3 is 2.78 bits per heavy atom. The highest BCUT2D eigenvalue weighted by atomic mass is 16.5. The third-order valence-electron chi connectivity index (χ3n) is 5.42. The zero-order valence-corrected chi connectivity index (χ0v) is 17.0. The van der Waals surface area contributed by atoms with Crippen molar-refractivity contribution in [1.82, 2.24) is 14.5 Å². The topological polar surface area (TPSA) is 181 Å². The number of benzene rings is 1. The highest BCUT2D eigenvalue weighted by Crippen LogP contribution is 2.40. The number of carbonyl (C=O) groups is 2. The minimum absolute atomic E-state index is 0.0340. The van der Waals surface area contributed by atoms with Crippen LogP contribution < -0.4 is 15.1 Å². The molecular weight excluding hydrogens is 423 g/mol. The number of aliphatic carboxylic acids is 1. The van der Waals surface area contributed by atoms with E-state index in [1.54, 1.807) is 12.1 Å². The Bertz CT molecular complexity index is 1020. The lowest BCUT2D eigenvalue weighted by atomic mass is 9.78. The molecular formula is C19H23BN4O8. The van der Waals surface area contributed by atoms with E-state index >= 15 is 0 Å². The molecule has 12 nitrogen and oxygen atoms in total. The molecule has 4 rings (SSSR count). The van der Waals surface area contributed by atoms with Gasteiger partial charge in [0.05, 0.1) is 30.7 Å². The number of aliphatic hydroxyl groups is 2. The number of hydrogen-bond donors (Lipinski definition) is 5. The first kappa shape index (κ1) is 22.1. The molecule has 1 saturated heterocycles. The van der Waals surface area contributed by atoms with Gasteiger partial charge in [0, 0.05) is 6.20 Å². The number of ether oxygens (including phenoxy) is 1. The molecule has 0 saturated carbocycles. The minimum atomic E-state index is -1.86. The summed E-state index contributed by atoms with van der Waals surface area (Å²) in [5.41, 5.74) is 7.02. The molecule has 1 unspecified atom stereocenters. The van der Waals surface area contributed by atoms with Crippen molar-refractivity contribution in [1.29, 1.82) is 0 Å². The molecule has 1 atom stereocenters. The van der Waals surface area contributed by atoms with Crippen LogP contribution in [0, 0.1) is 0 Å². The van der Waals surface area contributed by atoms with Gasteiger partial charge in [-0.15, -0.1) is 0 Å². The molecule has 2 aromatic rings. The maximum absolute atomic E-state index is 12.6. The lowest BCUT2D eigenvalue weighted by Gasteiger charge is -2.40. The Hall–Kier alpha value is -3.13. The summed E-state index contributed by atoms with van der Waals surface area (Å²) < 4.78 is 12.6. The van der Waals surface area contributed by atoms with E-state index in [9.17, 15) is 24.8 Å². The van der Waals surface area contributed by atoms with Gasteiger partial charge in [0.1, 0.15) is 30.2 Å². The second-order valence-electron chi connectivity index (χ2n) is 7.78. The number of aromatic nitrogens is 2. The molecule has 0 bridgehead atoms. The van der Waals surface area contributed by atoms with Crippen molar-refractivity contribution in [2.45, 2.75) is 37.7 Å². The van der Waals surface area contributed by atoms with Gasteiger partial charge in [0.15, 0.2) is 6.29 Å². The zero-order valence-electron chi connectivity index (χ0n) is 17.0. The molecule has 0 aliphatic carbocycles. The van der Waals surface area contributed by atoms with Crippen LogP contribution in [0.25, 0.3) is 0 Å². The molecule has 3 heterocycles. The van der Waals surface area contributed by atoms with Gasteiger partial charge < -0.3 is 44.9 Å². The fraction of sp³-hybridized carbons (Fsp3) is 0.421. The van der Waals surface area contributed by atoms with Crippen LogP contribution in [-0.2, 0) is 22.6 Å². The van der Waals surface area contributed by atoms with Crippen molar-refractivity contribution in [3.8, 4) is 11.5 Å². The average molecular weight is 446 g/mol. The first-order valence-corrected chi connectivity index (χ1v) is 10.0. The van der Waals surface area contributed by atoms with Gasteiger partial charge in [0.25, 0.3) is 0 Å². The van der Waals surface area contributed by atoms with Crippen molar-refractivity contribution in [2.24, 2.45) is 5.73 Å². The van der Waals surface area contributed by atoms with E-state index in [0.29, 0.717) is 12.7 Å². The van der Waals surface area contributed by atoms with Crippen molar-refractivity contribution < 1.29 is 39.3 Å². The molecule has 170 valence electrons. The largest absolute Gasteiger partial charge is 0.535 e. The van der Waals surface area contributed by atoms with Gasteiger partial charge >= 0.3 is 13.1 Å². The van der Waals surface area contributed by atoms with Crippen LogP contribution >= 0.6 is 0 Å². The number of hydrogen-bond acceptors (Lipinski definition) is 9. The first-order valence-electron chi connectivity index (χ1n) is 10.0. The third kappa shape index (κ3) is 4.41. The van der Waals surface area contributed by atoms with Crippen LogP contribution in [0.3, 0.4) is 0 Å². The summed E-state index contributed by atoms with van der Waals surface area (Å²) in [6.45, 7) is 0.169. The number of aliphatic hydroxyl groups excluding tert-OH is 1. The van der Waals surface area contributed by atoms with E-state index in [0.717, 1.165) is 5.56 Å². The SMILES string of the molecule is NC(C(=O)N1CC(Oc2ccc3c(c2C(O)O)OB(O)CC3)C1)c1cn(CC(=O)O)cn1. The van der Waals surface area contributed by atoms with Crippen LogP contribution in [0.5, 0.6) is 11.5 Å². The third-order valence-corrected chi connectivity index (χ3v) is 5.42. The number of aryl methyl sites for hydroxylation is 1. The highest BCUT2D eigenvalue weighted by Gasteiger charge is 2.37. The lowest BCUT2D eigenvalue weighted by molar-refractivity contribution is -0.142. The van der Waals surface area contributed by atoms with E-state index < -0.39 is 31.5 Å². The summed E-state index contributed by atoms with van der Waals surface area (Å²) in [5, 5.41) is 38.2. The van der Waals surface area contributed by atoms with Crippen molar-refractivity contribution in [2.75, 3.05) is 13.1 Å². The summed E-state index contributed by atoms with van der Waals surface area (Å²) >= 11 is 0. The van der Waals surface area contributed by atoms with Gasteiger partial charge in [-0.25, -0.2) is 4.98 Å². The molecule has 2 aliphatic heterocycles. The zero-order chi connectivity index (χ0) is 23.0. The Labute approximate surface area is 182 Å². The molecule has 0 radical (unpaired) electrons. The predicted octanol–water partition coefficient (Wildman–Crippen LogP) is -1.34. The molecule has 1 aromatic carbocycles. The number of likely N-dealkylation sites (tertiary alicyclic amines) is 1. The summed E-state index contributed by atoms with van der Waals surface area (Å²) in [4.78, 5) is 28.9. The monoisotopic (exact) mass is 446 g/mol. The number of carboxylic acid groups (broad SMARTS) is 1. The van der Waals surface area contributed by atoms with Gasteiger partial charge in [0.2, 0.25) is 5.91 Å². The van der Waals surface area contributed by atoms with E-state index in [2.05, 4.69) is 4.98 Å². The van der Waals surface area contributed by atoms with E-state index in [1.165, 1.54) is 22.0 Å². The Balaban J connectivity index is 1.39. The Kier molecular flexibility index (Phi) is 6.06. The van der Waals surface area contributed by atoms with E-state index in [4.69, 9.17) is 20.2 Å². The number of carboxylic acids is 1. The van der Waals surface area contributed by atoms with Crippen molar-refractivity contribution in [3.63, 3.8) is 0 Å². The van der Waals surface area contributed by atoms with Crippen LogP contribution in [0.4, 0.5) is 0 Å². The predicted molar refractivity (Wildman–Crippen MR) is 109 cm³/mol. The first-order chi connectivity index (χ1) is 15.2. The molecule has 2 aliphatic rings. The molecule has 32 heavy (non-hydrogen) atoms. The number of nitrogens with two attached hydrogens (primary N) is 1. The normalized spacial score (nSPS) is 16.9. The van der Waals surface area contributed by atoms with Crippen LogP contribution in [0.2, 0.25) is 6.32 Å². The summed E-state index contributed by atoms with van der Waals surface area (Å²) in [5.74, 6) is -1.03. The molecule has 0 spiro atoms. The number of fused-ring (bicyclic) bond motifs is 1. The number of amides is 1. The second-order valence-corrected chi connectivity index (χ2v) is 7.78. The second kappa shape index (κ2) is 8.78. The Morgan fingerprint density at radius 2 is 2.09 bits per heavy atom. The maximum atomic E-state index is 12.6. The fourth-order valence-electron chi connectivity index (χ4n) is 3.76. The summed E-state index contributed by atoms with van der Waals surface area (Å²) in [6.07, 6.45) is 1.39. The smallest absolute Gasteiger partial charge is 0.522 e. The number of nitrogens with zero attached hydrogens (tertiary/aromatic N) is 3. The maximum Gasteiger partial charge on any atom is 0.522 e. The molecule has 13 heteroatoms. The molecule has 6 N–H and O–H groups in total. The molecule has 1 fully saturated rings. The number of carbonyl (C=O) groups excluding carboxylic acids is 1. The van der Waals surface area contributed by atoms with Gasteiger partial charge in [-0.3, -0.25) is 9.59 Å². The Morgan fingerprint density at radius 1 is 1.34 bits per heavy atom. The highest BCUT2D eigenvalue weighted by molar-refractivity contribution is 6.44. The van der Waals surface area contributed by atoms with Gasteiger partial charge in [-0.05, 0) is 24.4 Å². The standard InChI is InChI=1S/C19H23BN4O8/c21-16(12-7-23(9-22-12)8-14(25)26)18(27)24-5-11(6-24)31-13-2-1-10-3-4-20(30)32-17(10)15(13)19(28)29/h1-2,7,9,11,16,19,28-30H,3-6,8,21H2,(H,25,26). The molecule has 1 amide bonds. The lowest BCUT2D eigenvalue weighted by Crippen LogP contribution is -2.58. The quantitative estimate of drug-likeness (QED) is 0.252. The van der Waals surface area contributed by atoms with Crippen LogP contribution in [-0.4, -0.2) is 73.0 Å². The van der Waals surface area contributed by atoms with Crippen LogP contribution in [0.1, 0.15) is 29.2 Å². The van der Waals surface area contributed by atoms with Crippen molar-refractivity contribution >= 4 is 19.0 Å². The summed E-state index contributed by atoms with van der Waals surface area (Å²) in [7, 11) is -1.03. The average Bonchev–Trinajstić information content (AvgIpc) is 3.16. The summed E-state index contributed by atoms with van der Waals surface area (Å²) in [6, 6.07) is 2.31. The molecule has 1 aromatic heterocycles. The van der Waals surface area contributed by atoms with E-state index in [-0.39, 0.29) is 48.3 Å². The van der Waals surface area contributed by atoms with Gasteiger partial charge in [-0.1, -0.05) is 6.07 Å². The number of imidazole rings is 1.